The fraction of sp³-hybridized carbons (Fsp3) is 0.458. The third-order valence-corrected chi connectivity index (χ3v) is 7.34. The van der Waals surface area contributed by atoms with E-state index in [0.717, 1.165) is 41.5 Å². The number of non-ortho nitro benzene ring substituents is 1. The summed E-state index contributed by atoms with van der Waals surface area (Å²) in [6, 6.07) is 8.40. The normalized spacial score (nSPS) is 15.1. The zero-order valence-electron chi connectivity index (χ0n) is 19.9. The van der Waals surface area contributed by atoms with Crippen LogP contribution in [0.1, 0.15) is 55.8 Å². The summed E-state index contributed by atoms with van der Waals surface area (Å²) in [5.41, 5.74) is 3.21. The summed E-state index contributed by atoms with van der Waals surface area (Å²) in [5.74, 6) is -0.378. The zero-order valence-corrected chi connectivity index (χ0v) is 20.7. The third kappa shape index (κ3) is 5.49. The third-order valence-electron chi connectivity index (χ3n) is 6.17. The molecule has 34 heavy (non-hydrogen) atoms. The fourth-order valence-corrected chi connectivity index (χ4v) is 5.62. The van der Waals surface area contributed by atoms with E-state index in [-0.39, 0.29) is 29.6 Å². The van der Waals surface area contributed by atoms with Crippen molar-refractivity contribution >= 4 is 27.3 Å². The highest BCUT2D eigenvalue weighted by Crippen LogP contribution is 2.36. The van der Waals surface area contributed by atoms with Crippen LogP contribution in [0.2, 0.25) is 0 Å². The maximum Gasteiger partial charge on any atom is 0.271 e. The number of methoxy groups -OCH3 is 1. The Bertz CT molecular complexity index is 1180. The molecule has 1 N–H and O–H groups in total. The smallest absolute Gasteiger partial charge is 0.271 e. The molecule has 0 aliphatic heterocycles. The molecule has 10 heteroatoms. The Balaban J connectivity index is 1.93. The van der Waals surface area contributed by atoms with Gasteiger partial charge in [-0.1, -0.05) is 25.1 Å². The number of nitro groups is 1. The molecule has 0 heterocycles. The van der Waals surface area contributed by atoms with E-state index in [2.05, 4.69) is 17.4 Å². The number of amides is 1. The van der Waals surface area contributed by atoms with Gasteiger partial charge in [0.25, 0.3) is 5.69 Å². The molecule has 0 unspecified atom stereocenters. The molecular weight excluding hydrogens is 458 g/mol. The van der Waals surface area contributed by atoms with Gasteiger partial charge in [-0.25, -0.2) is 8.42 Å². The molecule has 184 valence electrons. The van der Waals surface area contributed by atoms with Gasteiger partial charge in [0.15, 0.2) is 0 Å². The van der Waals surface area contributed by atoms with Gasteiger partial charge < -0.3 is 10.1 Å². The number of aryl methyl sites for hydroxylation is 2. The number of anilines is 1. The van der Waals surface area contributed by atoms with Gasteiger partial charge in [0.1, 0.15) is 17.5 Å². The number of ether oxygens (including phenoxy) is 1. The van der Waals surface area contributed by atoms with Crippen LogP contribution in [0, 0.1) is 10.1 Å². The van der Waals surface area contributed by atoms with Gasteiger partial charge in [0.2, 0.25) is 15.9 Å². The Morgan fingerprint density at radius 3 is 2.44 bits per heavy atom. The molecule has 0 saturated heterocycles. The van der Waals surface area contributed by atoms with Crippen molar-refractivity contribution in [1.29, 1.82) is 0 Å². The summed E-state index contributed by atoms with van der Waals surface area (Å²) < 4.78 is 31.8. The number of benzene rings is 2. The second-order valence-electron chi connectivity index (χ2n) is 8.56. The predicted molar refractivity (Wildman–Crippen MR) is 131 cm³/mol. The molecule has 9 nitrogen and oxygen atoms in total. The second kappa shape index (κ2) is 10.4. The van der Waals surface area contributed by atoms with Crippen molar-refractivity contribution in [2.75, 3.05) is 17.7 Å². The van der Waals surface area contributed by atoms with Crippen molar-refractivity contribution < 1.29 is 22.9 Å². The van der Waals surface area contributed by atoms with Gasteiger partial charge in [-0.3, -0.25) is 19.2 Å². The van der Waals surface area contributed by atoms with Crippen molar-refractivity contribution in [2.24, 2.45) is 0 Å². The summed E-state index contributed by atoms with van der Waals surface area (Å²) in [6.45, 7) is 3.55. The van der Waals surface area contributed by atoms with E-state index in [4.69, 9.17) is 4.74 Å². The lowest BCUT2D eigenvalue weighted by Crippen LogP contribution is -2.49. The Hall–Kier alpha value is -3.14. The van der Waals surface area contributed by atoms with Gasteiger partial charge in [-0.05, 0) is 61.8 Å². The van der Waals surface area contributed by atoms with Gasteiger partial charge in [-0.15, -0.1) is 0 Å². The maximum absolute atomic E-state index is 13.3. The molecule has 3 rings (SSSR count). The summed E-state index contributed by atoms with van der Waals surface area (Å²) >= 11 is 0. The van der Waals surface area contributed by atoms with Gasteiger partial charge in [0, 0.05) is 12.1 Å². The minimum atomic E-state index is -3.99. The molecule has 1 amide bonds. The highest BCUT2D eigenvalue weighted by molar-refractivity contribution is 7.92. The predicted octanol–water partition coefficient (Wildman–Crippen LogP) is 3.90. The van der Waals surface area contributed by atoms with Crippen LogP contribution in [0.25, 0.3) is 0 Å². The van der Waals surface area contributed by atoms with E-state index < -0.39 is 26.9 Å². The lowest BCUT2D eigenvalue weighted by molar-refractivity contribution is -0.384. The molecule has 0 aromatic heterocycles. The first-order valence-electron chi connectivity index (χ1n) is 11.3. The van der Waals surface area contributed by atoms with E-state index >= 15 is 0 Å². The summed E-state index contributed by atoms with van der Waals surface area (Å²) in [6.07, 6.45) is 5.51. The number of hydrogen-bond acceptors (Lipinski definition) is 6. The number of sulfonamides is 1. The summed E-state index contributed by atoms with van der Waals surface area (Å²) in [5, 5.41) is 14.3. The molecule has 0 saturated carbocycles. The van der Waals surface area contributed by atoms with Gasteiger partial charge >= 0.3 is 0 Å². The number of nitrogens with one attached hydrogen (secondary N) is 1. The number of carbonyl (C=O) groups is 1. The molecule has 0 spiro atoms. The van der Waals surface area contributed by atoms with Crippen molar-refractivity contribution in [3.8, 4) is 5.75 Å². The first kappa shape index (κ1) is 25.5. The zero-order chi connectivity index (χ0) is 25.0. The molecular formula is C24H31N3O6S. The quantitative estimate of drug-likeness (QED) is 0.421. The topological polar surface area (TPSA) is 119 Å². The number of nitro benzene ring substituents is 1. The van der Waals surface area contributed by atoms with Gasteiger partial charge in [-0.2, -0.15) is 0 Å². The first-order valence-corrected chi connectivity index (χ1v) is 13.2. The van der Waals surface area contributed by atoms with Crippen LogP contribution in [0.4, 0.5) is 11.4 Å². The Morgan fingerprint density at radius 1 is 1.18 bits per heavy atom. The molecule has 0 radical (unpaired) electrons. The molecule has 2 aromatic carbocycles. The molecule has 2 aromatic rings. The number of nitrogens with zero attached hydrogens (tertiary/aromatic N) is 2. The van der Waals surface area contributed by atoms with Crippen molar-refractivity contribution in [2.45, 2.75) is 58.0 Å². The van der Waals surface area contributed by atoms with Crippen LogP contribution in [-0.4, -0.2) is 38.7 Å². The van der Waals surface area contributed by atoms with E-state index in [1.165, 1.54) is 36.8 Å². The minimum Gasteiger partial charge on any atom is -0.495 e. The van der Waals surface area contributed by atoms with E-state index in [1.54, 1.807) is 6.92 Å². The molecule has 1 aliphatic rings. The van der Waals surface area contributed by atoms with Crippen LogP contribution in [0.3, 0.4) is 0 Å². The van der Waals surface area contributed by atoms with Crippen LogP contribution in [0.15, 0.2) is 36.4 Å². The number of hydrogen-bond donors (Lipinski definition) is 1. The minimum absolute atomic E-state index is 0.0531. The highest BCUT2D eigenvalue weighted by Gasteiger charge is 2.35. The number of rotatable bonds is 9. The van der Waals surface area contributed by atoms with Crippen LogP contribution in [0.5, 0.6) is 5.75 Å². The summed E-state index contributed by atoms with van der Waals surface area (Å²) in [4.78, 5) is 24.0. The van der Waals surface area contributed by atoms with Crippen LogP contribution < -0.4 is 14.4 Å². The molecule has 2 atom stereocenters. The van der Waals surface area contributed by atoms with E-state index in [1.807, 2.05) is 13.0 Å². The number of carbonyl (C=O) groups excluding carboxylic acids is 1. The highest BCUT2D eigenvalue weighted by atomic mass is 32.2. The molecule has 0 bridgehead atoms. The second-order valence-corrected chi connectivity index (χ2v) is 10.4. The van der Waals surface area contributed by atoms with Gasteiger partial charge in [0.05, 0.1) is 24.3 Å². The fourth-order valence-electron chi connectivity index (χ4n) is 4.42. The van der Waals surface area contributed by atoms with Crippen molar-refractivity contribution in [1.82, 2.24) is 5.32 Å². The van der Waals surface area contributed by atoms with Crippen LogP contribution in [-0.2, 0) is 27.7 Å². The monoisotopic (exact) mass is 489 g/mol. The standard InChI is InChI=1S/C24H31N3O6S/c1-5-21(24(28)25-16(2)18-11-10-17-8-6-7-9-19(17)14-18)26(34(4,31)32)22-15-20(27(29)30)12-13-23(22)33-3/h10-16,21H,5-9H2,1-4H3,(H,25,28)/t16-,21-/m1/s1. The first-order chi connectivity index (χ1) is 16.1. The molecule has 1 aliphatic carbocycles. The SMILES string of the molecule is CC[C@H](C(=O)N[C@H](C)c1ccc2c(c1)CCCC2)N(c1cc([N+](=O)[O-])ccc1OC)S(C)(=O)=O. The average Bonchev–Trinajstić information content (AvgIpc) is 2.80. The largest absolute Gasteiger partial charge is 0.495 e. The van der Waals surface area contributed by atoms with Crippen molar-refractivity contribution in [3.05, 3.63) is 63.2 Å². The lowest BCUT2D eigenvalue weighted by atomic mass is 9.89. The maximum atomic E-state index is 13.3. The lowest BCUT2D eigenvalue weighted by Gasteiger charge is -2.32. The van der Waals surface area contributed by atoms with Crippen LogP contribution >= 0.6 is 0 Å². The van der Waals surface area contributed by atoms with Crippen molar-refractivity contribution in [3.63, 3.8) is 0 Å². The molecule has 0 fully saturated rings. The van der Waals surface area contributed by atoms with E-state index in [9.17, 15) is 23.3 Å². The Kier molecular flexibility index (Phi) is 7.81. The number of fused-ring (bicyclic) bond motifs is 1. The Morgan fingerprint density at radius 2 is 1.85 bits per heavy atom. The van der Waals surface area contributed by atoms with E-state index in [0.29, 0.717) is 0 Å². The average molecular weight is 490 g/mol. The Labute approximate surface area is 200 Å². The summed E-state index contributed by atoms with van der Waals surface area (Å²) in [7, 11) is -2.65.